The van der Waals surface area contributed by atoms with E-state index in [2.05, 4.69) is 0 Å². The predicted octanol–water partition coefficient (Wildman–Crippen LogP) is 0.0971. The molecule has 4 heavy (non-hydrogen) atoms. The first-order chi connectivity index (χ1) is 0. The van der Waals surface area contributed by atoms with Gasteiger partial charge in [0.2, 0.25) is 0 Å². The van der Waals surface area contributed by atoms with E-state index in [1.165, 1.54) is 0 Å². The Morgan fingerprint density at radius 1 is 1.00 bits per heavy atom. The third-order valence-electron chi connectivity index (χ3n) is 0. The molecule has 0 saturated heterocycles. The molecule has 0 aromatic carbocycles. The summed E-state index contributed by atoms with van der Waals surface area (Å²) >= 11 is 0. The first kappa shape index (κ1) is 30.5. The maximum absolute atomic E-state index is 0. The van der Waals surface area contributed by atoms with Crippen molar-refractivity contribution in [1.29, 1.82) is 0 Å². The van der Waals surface area contributed by atoms with Crippen molar-refractivity contribution in [1.82, 2.24) is 0 Å². The van der Waals surface area contributed by atoms with E-state index < -0.39 is 0 Å². The molecule has 0 fully saturated rings. The molecule has 0 spiro atoms. The molecular formula is CuInPSn. The van der Waals surface area contributed by atoms with Crippen LogP contribution < -0.4 is 0 Å². The Kier molecular flexibility index (Phi) is 133. The van der Waals surface area contributed by atoms with Crippen molar-refractivity contribution in [2.24, 2.45) is 0 Å². The first-order valence-corrected chi connectivity index (χ1v) is 0. The van der Waals surface area contributed by atoms with Gasteiger partial charge in [0.1, 0.15) is 0 Å². The molecule has 11 radical (unpaired) electrons. The van der Waals surface area contributed by atoms with Crippen molar-refractivity contribution in [3.8, 4) is 0 Å². The summed E-state index contributed by atoms with van der Waals surface area (Å²) in [6.45, 7) is 0. The van der Waals surface area contributed by atoms with Gasteiger partial charge in [-0.05, 0) is 0 Å². The monoisotopic (exact) mass is 329 g/mol. The van der Waals surface area contributed by atoms with Crippen molar-refractivity contribution in [2.75, 3.05) is 0 Å². The second kappa shape index (κ2) is 17.5. The summed E-state index contributed by atoms with van der Waals surface area (Å²) in [4.78, 5) is 0. The molecule has 0 rings (SSSR count). The largest absolute Gasteiger partial charge is 0 e. The Hall–Kier alpha value is 2.62. The van der Waals surface area contributed by atoms with E-state index in [0.717, 1.165) is 0 Å². The molecule has 0 bridgehead atoms. The third kappa shape index (κ3) is 8.82. The molecule has 0 aromatic rings. The zero-order chi connectivity index (χ0) is 0. The van der Waals surface area contributed by atoms with Gasteiger partial charge >= 0.3 is 0 Å². The van der Waals surface area contributed by atoms with Gasteiger partial charge in [-0.1, -0.05) is 0 Å². The van der Waals surface area contributed by atoms with E-state index in [0.29, 0.717) is 0 Å². The quantitative estimate of drug-likeness (QED) is 0.437. The zero-order valence-electron chi connectivity index (χ0n) is 1.83. The van der Waals surface area contributed by atoms with Gasteiger partial charge in [-0.25, -0.2) is 0 Å². The van der Waals surface area contributed by atoms with Crippen LogP contribution in [0.15, 0.2) is 0 Å². The summed E-state index contributed by atoms with van der Waals surface area (Å²) < 4.78 is 0. The minimum atomic E-state index is 0. The van der Waals surface area contributed by atoms with E-state index in [1.807, 2.05) is 0 Å². The van der Waals surface area contributed by atoms with Gasteiger partial charge in [0.25, 0.3) is 0 Å². The fourth-order valence-electron chi connectivity index (χ4n) is 0. The van der Waals surface area contributed by atoms with Gasteiger partial charge in [0.15, 0.2) is 0 Å². The van der Waals surface area contributed by atoms with Crippen LogP contribution in [0.5, 0.6) is 0 Å². The second-order valence-electron chi connectivity index (χ2n) is 0. The molecule has 0 aromatic heterocycles. The molecule has 0 aliphatic carbocycles. The molecule has 4 heteroatoms. The molecule has 0 nitrogen and oxygen atoms in total. The van der Waals surface area contributed by atoms with E-state index in [9.17, 15) is 0 Å². The zero-order valence-corrected chi connectivity index (χ0v) is 9.81. The first-order valence-electron chi connectivity index (χ1n) is 0. The van der Waals surface area contributed by atoms with Crippen LogP contribution in [0.3, 0.4) is 0 Å². The van der Waals surface area contributed by atoms with Crippen molar-refractivity contribution in [3.05, 3.63) is 0 Å². The normalized spacial score (nSPS) is 0. The predicted molar refractivity (Wildman–Crippen MR) is 18.4 cm³/mol. The van der Waals surface area contributed by atoms with Crippen LogP contribution >= 0.6 is 9.90 Å². The van der Waals surface area contributed by atoms with E-state index in [4.69, 9.17) is 0 Å². The van der Waals surface area contributed by atoms with Crippen LogP contribution in [-0.4, -0.2) is 49.8 Å². The average Bonchev–Trinajstić information content (AvgIpc) is 0. The van der Waals surface area contributed by atoms with Gasteiger partial charge in [0.05, 0.1) is 0 Å². The fraction of sp³-hybridized carbons (Fsp3) is 0. The van der Waals surface area contributed by atoms with Crippen molar-refractivity contribution < 1.29 is 17.1 Å². The second-order valence-corrected chi connectivity index (χ2v) is 0. The molecule has 0 aliphatic rings. The fourth-order valence-corrected chi connectivity index (χ4v) is 0. The van der Waals surface area contributed by atoms with Crippen LogP contribution in [0.25, 0.3) is 0 Å². The molecule has 0 aliphatic heterocycles. The Balaban J connectivity index is 0. The Labute approximate surface area is 75.7 Å². The van der Waals surface area contributed by atoms with Crippen LogP contribution in [0.1, 0.15) is 0 Å². The third-order valence-corrected chi connectivity index (χ3v) is 0. The summed E-state index contributed by atoms with van der Waals surface area (Å²) in [5.41, 5.74) is 0. The van der Waals surface area contributed by atoms with Crippen molar-refractivity contribution >= 4 is 59.6 Å². The summed E-state index contributed by atoms with van der Waals surface area (Å²) in [7, 11) is 0. The van der Waals surface area contributed by atoms with E-state index >= 15 is 0 Å². The minimum Gasteiger partial charge on any atom is 0 e. The van der Waals surface area contributed by atoms with E-state index in [1.54, 1.807) is 0 Å². The maximum Gasteiger partial charge on any atom is 0 e. The molecule has 0 atom stereocenters. The summed E-state index contributed by atoms with van der Waals surface area (Å²) in [6.07, 6.45) is 0. The summed E-state index contributed by atoms with van der Waals surface area (Å²) in [5, 5.41) is 0. The standard InChI is InChI=1S/Cu.In.P.Sn. The summed E-state index contributed by atoms with van der Waals surface area (Å²) in [5.74, 6) is 0. The van der Waals surface area contributed by atoms with Crippen LogP contribution in [-0.2, 0) is 17.1 Å². The van der Waals surface area contributed by atoms with Gasteiger partial charge in [-0.15, -0.1) is 0 Å². The Morgan fingerprint density at radius 3 is 1.00 bits per heavy atom. The molecule has 0 heterocycles. The van der Waals surface area contributed by atoms with Crippen LogP contribution in [0.2, 0.25) is 0 Å². The number of rotatable bonds is 0. The molecule has 0 N–H and O–H groups in total. The van der Waals surface area contributed by atoms with Crippen molar-refractivity contribution in [3.63, 3.8) is 0 Å². The van der Waals surface area contributed by atoms with Gasteiger partial charge in [-0.2, -0.15) is 0 Å². The minimum absolute atomic E-state index is 0. The molecule has 23 valence electrons. The van der Waals surface area contributed by atoms with Crippen molar-refractivity contribution in [2.45, 2.75) is 0 Å². The van der Waals surface area contributed by atoms with Gasteiger partial charge < -0.3 is 0 Å². The smallest absolute Gasteiger partial charge is 0 e. The number of hydrogen-bond acceptors (Lipinski definition) is 0. The Morgan fingerprint density at radius 2 is 1.00 bits per heavy atom. The van der Waals surface area contributed by atoms with Gasteiger partial charge in [0, 0.05) is 76.7 Å². The molecule has 0 saturated carbocycles. The van der Waals surface area contributed by atoms with Crippen LogP contribution in [0.4, 0.5) is 0 Å². The summed E-state index contributed by atoms with van der Waals surface area (Å²) in [6, 6.07) is 0. The van der Waals surface area contributed by atoms with Gasteiger partial charge in [-0.3, -0.25) is 0 Å². The SMILES string of the molecule is [Cu].[In].[P].[Sn]. The topological polar surface area (TPSA) is 0 Å². The molecule has 0 amide bonds. The molecular weight excluding hydrogens is 328 g/mol. The van der Waals surface area contributed by atoms with E-state index in [-0.39, 0.29) is 76.7 Å². The Bertz CT molecular complexity index is 8.00. The average molecular weight is 328 g/mol. The number of hydrogen-bond donors (Lipinski definition) is 0. The van der Waals surface area contributed by atoms with Crippen LogP contribution in [0, 0.1) is 0 Å². The maximum atomic E-state index is 0. The molecule has 0 unspecified atom stereocenters.